The molecule has 2 aromatic heterocycles. The Morgan fingerprint density at radius 1 is 1.48 bits per heavy atom. The highest BCUT2D eigenvalue weighted by molar-refractivity contribution is 5.96. The third-order valence-electron chi connectivity index (χ3n) is 3.69. The number of fused-ring (bicyclic) bond motifs is 1. The number of phenols is 1. The number of hydrogen-bond donors (Lipinski definition) is 2. The number of ether oxygens (including phenoxy) is 1. The third kappa shape index (κ3) is 2.59. The highest BCUT2D eigenvalue weighted by Crippen LogP contribution is 2.32. The van der Waals surface area contributed by atoms with Gasteiger partial charge in [0.1, 0.15) is 16.8 Å². The molecule has 8 nitrogen and oxygen atoms in total. The van der Waals surface area contributed by atoms with Gasteiger partial charge >= 0.3 is 5.97 Å². The maximum Gasteiger partial charge on any atom is 0.343 e. The van der Waals surface area contributed by atoms with Gasteiger partial charge < -0.3 is 19.8 Å². The van der Waals surface area contributed by atoms with E-state index < -0.39 is 23.0 Å². The van der Waals surface area contributed by atoms with E-state index in [1.165, 1.54) is 41.2 Å². The van der Waals surface area contributed by atoms with Crippen molar-refractivity contribution in [3.05, 3.63) is 52.6 Å². The number of pyridine rings is 1. The molecule has 3 aromatic rings. The number of rotatable bonds is 4. The zero-order valence-electron chi connectivity index (χ0n) is 13.5. The van der Waals surface area contributed by atoms with Crippen molar-refractivity contribution in [3.8, 4) is 11.4 Å². The van der Waals surface area contributed by atoms with Crippen molar-refractivity contribution in [1.82, 2.24) is 14.2 Å². The topological polar surface area (TPSA) is 98.4 Å². The van der Waals surface area contributed by atoms with Gasteiger partial charge in [-0.1, -0.05) is 0 Å². The predicted octanol–water partition coefficient (Wildman–Crippen LogP) is 1.38. The Bertz CT molecular complexity index is 1010. The van der Waals surface area contributed by atoms with E-state index >= 15 is 0 Å². The van der Waals surface area contributed by atoms with Crippen molar-refractivity contribution in [2.75, 3.05) is 19.1 Å². The smallest absolute Gasteiger partial charge is 0.343 e. The minimum absolute atomic E-state index is 0.0330. The van der Waals surface area contributed by atoms with Gasteiger partial charge in [-0.05, 0) is 13.0 Å². The number of imidazole rings is 1. The number of aromatic nitrogens is 3. The fourth-order valence-electron chi connectivity index (χ4n) is 2.60. The molecule has 0 fully saturated rings. The minimum Gasteiger partial charge on any atom is -0.504 e. The maximum atomic E-state index is 14.5. The molecule has 0 saturated heterocycles. The average Bonchev–Trinajstić information content (AvgIpc) is 3.10. The molecule has 130 valence electrons. The van der Waals surface area contributed by atoms with Crippen molar-refractivity contribution in [3.63, 3.8) is 0 Å². The van der Waals surface area contributed by atoms with E-state index in [9.17, 15) is 19.1 Å². The van der Waals surface area contributed by atoms with Crippen LogP contribution in [0.2, 0.25) is 0 Å². The summed E-state index contributed by atoms with van der Waals surface area (Å²) < 4.78 is 21.9. The molecule has 0 radical (unpaired) electrons. The number of carbonyl (C=O) groups excluding carboxylic acids is 1. The molecule has 0 amide bonds. The zero-order valence-corrected chi connectivity index (χ0v) is 13.5. The van der Waals surface area contributed by atoms with E-state index in [2.05, 4.69) is 10.4 Å². The van der Waals surface area contributed by atoms with Crippen molar-refractivity contribution in [2.24, 2.45) is 0 Å². The Balaban J connectivity index is 2.39. The van der Waals surface area contributed by atoms with Crippen molar-refractivity contribution >= 4 is 16.9 Å². The van der Waals surface area contributed by atoms with Crippen LogP contribution < -0.4 is 10.9 Å². The van der Waals surface area contributed by atoms with E-state index in [1.54, 1.807) is 6.92 Å². The number of aromatic hydroxyl groups is 1. The van der Waals surface area contributed by atoms with Crippen molar-refractivity contribution in [1.29, 1.82) is 0 Å². The molecular weight excluding hydrogens is 331 g/mol. The lowest BCUT2D eigenvalue weighted by molar-refractivity contribution is 0.0524. The molecule has 9 heteroatoms. The zero-order chi connectivity index (χ0) is 18.1. The first-order valence-electron chi connectivity index (χ1n) is 7.43. The Kier molecular flexibility index (Phi) is 4.14. The lowest BCUT2D eigenvalue weighted by Crippen LogP contribution is -2.24. The van der Waals surface area contributed by atoms with Gasteiger partial charge in [0.05, 0.1) is 18.3 Å². The Morgan fingerprint density at radius 2 is 2.24 bits per heavy atom. The van der Waals surface area contributed by atoms with Gasteiger partial charge in [0.15, 0.2) is 11.6 Å². The van der Waals surface area contributed by atoms with E-state index in [4.69, 9.17) is 4.74 Å². The monoisotopic (exact) mass is 346 g/mol. The predicted molar refractivity (Wildman–Crippen MR) is 88.2 cm³/mol. The first-order chi connectivity index (χ1) is 12.0. The third-order valence-corrected chi connectivity index (χ3v) is 3.69. The summed E-state index contributed by atoms with van der Waals surface area (Å²) in [5.74, 6) is -2.12. The van der Waals surface area contributed by atoms with E-state index in [0.717, 1.165) is 6.07 Å². The summed E-state index contributed by atoms with van der Waals surface area (Å²) in [4.78, 5) is 28.4. The molecule has 0 spiro atoms. The second kappa shape index (κ2) is 6.27. The van der Waals surface area contributed by atoms with Crippen LogP contribution in [0.5, 0.6) is 5.75 Å². The molecule has 0 saturated carbocycles. The number of hydrogen-bond acceptors (Lipinski definition) is 6. The van der Waals surface area contributed by atoms with Crippen LogP contribution in [0.25, 0.3) is 16.6 Å². The summed E-state index contributed by atoms with van der Waals surface area (Å²) in [7, 11) is 1.53. The van der Waals surface area contributed by atoms with Crippen LogP contribution >= 0.6 is 0 Å². The molecule has 0 aliphatic heterocycles. The Labute approximate surface area is 141 Å². The van der Waals surface area contributed by atoms with Gasteiger partial charge in [-0.15, -0.1) is 0 Å². The summed E-state index contributed by atoms with van der Waals surface area (Å²) in [6, 6.07) is 0.975. The molecule has 2 heterocycles. The molecule has 0 atom stereocenters. The average molecular weight is 346 g/mol. The number of carbonyl (C=O) groups is 1. The van der Waals surface area contributed by atoms with Crippen LogP contribution in [0.3, 0.4) is 0 Å². The van der Waals surface area contributed by atoms with Crippen LogP contribution in [0, 0.1) is 5.82 Å². The summed E-state index contributed by atoms with van der Waals surface area (Å²) in [5, 5.41) is 10.4. The largest absolute Gasteiger partial charge is 0.504 e. The molecule has 0 unspecified atom stereocenters. The van der Waals surface area contributed by atoms with Gasteiger partial charge in [-0.25, -0.2) is 14.2 Å². The number of nitrogens with one attached hydrogen (secondary N) is 1. The fraction of sp³-hybridized carbons (Fsp3) is 0.188. The maximum absolute atomic E-state index is 14.5. The van der Waals surface area contributed by atoms with Crippen LogP contribution in [0.1, 0.15) is 17.3 Å². The molecule has 1 aromatic carbocycles. The van der Waals surface area contributed by atoms with Crippen LogP contribution in [0.15, 0.2) is 35.8 Å². The number of benzene rings is 1. The first kappa shape index (κ1) is 16.5. The highest BCUT2D eigenvalue weighted by atomic mass is 19.1. The molecule has 0 aliphatic rings. The summed E-state index contributed by atoms with van der Waals surface area (Å²) in [6.07, 6.45) is 5.41. The lowest BCUT2D eigenvalue weighted by Gasteiger charge is -2.16. The van der Waals surface area contributed by atoms with Gasteiger partial charge in [0.2, 0.25) is 5.43 Å². The summed E-state index contributed by atoms with van der Waals surface area (Å²) >= 11 is 0. The van der Waals surface area contributed by atoms with Crippen molar-refractivity contribution in [2.45, 2.75) is 6.92 Å². The van der Waals surface area contributed by atoms with Gasteiger partial charge in [0, 0.05) is 25.6 Å². The fourth-order valence-corrected chi connectivity index (χ4v) is 2.60. The number of halogens is 1. The molecule has 3 rings (SSSR count). The standard InChI is InChI=1S/C16H15FN4O4/c1-3-25-16(24)10-7-21(18-2)12-9(14(10)22)6-11(17)13(15(12)23)20-5-4-19-8-20/h4-8,18,23H,3H2,1-2H3. The molecule has 2 N–H and O–H groups in total. The van der Waals surface area contributed by atoms with E-state index in [1.807, 2.05) is 0 Å². The van der Waals surface area contributed by atoms with E-state index in [0.29, 0.717) is 0 Å². The first-order valence-corrected chi connectivity index (χ1v) is 7.43. The summed E-state index contributed by atoms with van der Waals surface area (Å²) in [5.41, 5.74) is 1.61. The van der Waals surface area contributed by atoms with Gasteiger partial charge in [-0.2, -0.15) is 0 Å². The Hall–Kier alpha value is -3.36. The quantitative estimate of drug-likeness (QED) is 0.693. The normalized spacial score (nSPS) is 10.8. The molecule has 0 bridgehead atoms. The van der Waals surface area contributed by atoms with Gasteiger partial charge in [-0.3, -0.25) is 9.47 Å². The minimum atomic E-state index is -0.830. The van der Waals surface area contributed by atoms with Crippen LogP contribution in [0.4, 0.5) is 4.39 Å². The highest BCUT2D eigenvalue weighted by Gasteiger charge is 2.23. The summed E-state index contributed by atoms with van der Waals surface area (Å²) in [6.45, 7) is 1.70. The van der Waals surface area contributed by atoms with E-state index in [-0.39, 0.29) is 28.8 Å². The molecule has 25 heavy (non-hydrogen) atoms. The SMILES string of the molecule is CCOC(=O)c1cn(NC)c2c(O)c(-n3ccnc3)c(F)cc2c1=O. The number of phenolic OH excluding ortho intramolecular Hbond substituents is 1. The molecule has 0 aliphatic carbocycles. The Morgan fingerprint density at radius 3 is 2.84 bits per heavy atom. The van der Waals surface area contributed by atoms with Crippen LogP contribution in [-0.2, 0) is 4.74 Å². The number of esters is 1. The number of nitrogens with zero attached hydrogens (tertiary/aromatic N) is 3. The second-order valence-corrected chi connectivity index (χ2v) is 5.11. The van der Waals surface area contributed by atoms with Gasteiger partial charge in [0.25, 0.3) is 0 Å². The second-order valence-electron chi connectivity index (χ2n) is 5.11. The lowest BCUT2D eigenvalue weighted by atomic mass is 10.1. The molecular formula is C16H15FN4O4. The van der Waals surface area contributed by atoms with Crippen LogP contribution in [-0.4, -0.2) is 39.0 Å². The van der Waals surface area contributed by atoms with Crippen molar-refractivity contribution < 1.29 is 19.0 Å².